The number of likely N-dealkylation sites (tertiary alicyclic amines) is 1. The minimum atomic E-state index is -3.86. The van der Waals surface area contributed by atoms with Gasteiger partial charge < -0.3 is 0 Å². The molecule has 1 fully saturated rings. The maximum absolute atomic E-state index is 12.6. The van der Waals surface area contributed by atoms with E-state index in [1.165, 1.54) is 12.1 Å². The van der Waals surface area contributed by atoms with E-state index >= 15 is 0 Å². The molecule has 1 aliphatic heterocycles. The molecule has 2 aromatic carbocycles. The molecule has 118 valence electrons. The summed E-state index contributed by atoms with van der Waals surface area (Å²) in [4.78, 5) is 25.7. The average molecular weight is 329 g/mol. The molecule has 1 saturated heterocycles. The zero-order valence-corrected chi connectivity index (χ0v) is 13.1. The van der Waals surface area contributed by atoms with Crippen LogP contribution in [0, 0.1) is 0 Å². The predicted octanol–water partition coefficient (Wildman–Crippen LogP) is 1.79. The minimum absolute atomic E-state index is 0.0627. The molecule has 0 saturated carbocycles. The lowest BCUT2D eigenvalue weighted by Crippen LogP contribution is -2.34. The molecule has 2 amide bonds. The van der Waals surface area contributed by atoms with Crippen LogP contribution in [0.15, 0.2) is 65.6 Å². The van der Waals surface area contributed by atoms with Gasteiger partial charge in [0.1, 0.15) is 0 Å². The Bertz CT molecular complexity index is 831. The fraction of sp³-hybridized carbons (Fsp3) is 0.176. The van der Waals surface area contributed by atoms with Crippen molar-refractivity contribution < 1.29 is 18.0 Å². The Morgan fingerprint density at radius 1 is 0.913 bits per heavy atom. The number of amides is 2. The van der Waals surface area contributed by atoms with Gasteiger partial charge in [-0.15, -0.1) is 0 Å². The molecule has 0 aliphatic carbocycles. The molecule has 1 atom stereocenters. The molecule has 3 rings (SSSR count). The van der Waals surface area contributed by atoms with Crippen LogP contribution in [0.4, 0.5) is 0 Å². The minimum Gasteiger partial charge on any atom is -0.277 e. The fourth-order valence-electron chi connectivity index (χ4n) is 2.60. The molecule has 0 spiro atoms. The van der Waals surface area contributed by atoms with E-state index in [4.69, 9.17) is 0 Å². The van der Waals surface area contributed by atoms with Crippen LogP contribution >= 0.6 is 0 Å². The third-order valence-electron chi connectivity index (χ3n) is 3.83. The third-order valence-corrected chi connectivity index (χ3v) is 5.88. The van der Waals surface area contributed by atoms with Gasteiger partial charge >= 0.3 is 0 Å². The van der Waals surface area contributed by atoms with E-state index in [0.29, 0.717) is 0 Å². The van der Waals surface area contributed by atoms with E-state index in [2.05, 4.69) is 0 Å². The molecule has 1 heterocycles. The van der Waals surface area contributed by atoms with E-state index in [1.807, 2.05) is 6.07 Å². The standard InChI is InChI=1S/C17H15NO4S/c19-16-11-15(23(21,22)14-9-5-2-6-10-14)17(20)18(16)12-13-7-3-1-4-8-13/h1-10,15H,11-12H2. The second-order valence-corrected chi connectivity index (χ2v) is 7.49. The highest BCUT2D eigenvalue weighted by Crippen LogP contribution is 2.27. The summed E-state index contributed by atoms with van der Waals surface area (Å²) in [5, 5.41) is -1.33. The smallest absolute Gasteiger partial charge is 0.248 e. The molecule has 0 radical (unpaired) electrons. The zero-order valence-electron chi connectivity index (χ0n) is 12.3. The number of sulfone groups is 1. The number of rotatable bonds is 4. The van der Waals surface area contributed by atoms with Gasteiger partial charge in [-0.25, -0.2) is 8.42 Å². The van der Waals surface area contributed by atoms with Crippen LogP contribution in [0.2, 0.25) is 0 Å². The number of hydrogen-bond donors (Lipinski definition) is 0. The molecule has 0 aromatic heterocycles. The van der Waals surface area contributed by atoms with Crippen LogP contribution in [0.1, 0.15) is 12.0 Å². The Hall–Kier alpha value is -2.47. The molecule has 6 heteroatoms. The number of benzene rings is 2. The first kappa shape index (κ1) is 15.4. The van der Waals surface area contributed by atoms with Crippen molar-refractivity contribution in [3.63, 3.8) is 0 Å². The van der Waals surface area contributed by atoms with Crippen LogP contribution in [0.5, 0.6) is 0 Å². The Labute approximate surface area is 134 Å². The Morgan fingerprint density at radius 2 is 1.48 bits per heavy atom. The number of hydrogen-bond acceptors (Lipinski definition) is 4. The average Bonchev–Trinajstić information content (AvgIpc) is 2.85. The van der Waals surface area contributed by atoms with E-state index in [-0.39, 0.29) is 17.9 Å². The van der Waals surface area contributed by atoms with Crippen molar-refractivity contribution in [3.8, 4) is 0 Å². The Morgan fingerprint density at radius 3 is 2.09 bits per heavy atom. The Kier molecular flexibility index (Phi) is 4.00. The monoisotopic (exact) mass is 329 g/mol. The summed E-state index contributed by atoms with van der Waals surface area (Å²) in [7, 11) is -3.86. The lowest BCUT2D eigenvalue weighted by Gasteiger charge is -2.15. The van der Waals surface area contributed by atoms with Crippen LogP contribution in [-0.4, -0.2) is 30.4 Å². The van der Waals surface area contributed by atoms with Gasteiger partial charge in [0.15, 0.2) is 15.1 Å². The molecule has 1 unspecified atom stereocenters. The van der Waals surface area contributed by atoms with Gasteiger partial charge in [-0.1, -0.05) is 48.5 Å². The largest absolute Gasteiger partial charge is 0.277 e. The van der Waals surface area contributed by atoms with Gasteiger partial charge in [0.2, 0.25) is 11.8 Å². The van der Waals surface area contributed by atoms with Gasteiger partial charge in [-0.3, -0.25) is 14.5 Å². The molecular weight excluding hydrogens is 314 g/mol. The summed E-state index contributed by atoms with van der Waals surface area (Å²) in [5.41, 5.74) is 0.784. The lowest BCUT2D eigenvalue weighted by molar-refractivity contribution is -0.138. The first-order valence-corrected chi connectivity index (χ1v) is 8.72. The first-order valence-electron chi connectivity index (χ1n) is 7.17. The molecule has 23 heavy (non-hydrogen) atoms. The van der Waals surface area contributed by atoms with E-state index in [0.717, 1.165) is 10.5 Å². The van der Waals surface area contributed by atoms with Gasteiger partial charge in [-0.05, 0) is 17.7 Å². The molecule has 2 aromatic rings. The lowest BCUT2D eigenvalue weighted by atomic mass is 10.2. The summed E-state index contributed by atoms with van der Waals surface area (Å²) in [6.45, 7) is 0.0965. The van der Waals surface area contributed by atoms with Crippen molar-refractivity contribution in [3.05, 3.63) is 66.2 Å². The fourth-order valence-corrected chi connectivity index (χ4v) is 4.22. The number of imide groups is 1. The van der Waals surface area contributed by atoms with Gasteiger partial charge in [-0.2, -0.15) is 0 Å². The summed E-state index contributed by atoms with van der Waals surface area (Å²) in [5.74, 6) is -1.11. The summed E-state index contributed by atoms with van der Waals surface area (Å²) < 4.78 is 25.2. The van der Waals surface area contributed by atoms with Crippen molar-refractivity contribution in [1.29, 1.82) is 0 Å². The quantitative estimate of drug-likeness (QED) is 0.802. The van der Waals surface area contributed by atoms with Crippen molar-refractivity contribution >= 4 is 21.7 Å². The number of nitrogens with zero attached hydrogens (tertiary/aromatic N) is 1. The molecule has 5 nitrogen and oxygen atoms in total. The molecular formula is C17H15NO4S. The van der Waals surface area contributed by atoms with Crippen LogP contribution in [0.25, 0.3) is 0 Å². The molecule has 0 N–H and O–H groups in total. The highest BCUT2D eigenvalue weighted by molar-refractivity contribution is 7.92. The second-order valence-electron chi connectivity index (χ2n) is 5.35. The normalized spacial score (nSPS) is 18.4. The van der Waals surface area contributed by atoms with Gasteiger partial charge in [0.25, 0.3) is 0 Å². The van der Waals surface area contributed by atoms with Crippen molar-refractivity contribution in [1.82, 2.24) is 4.90 Å². The molecule has 1 aliphatic rings. The van der Waals surface area contributed by atoms with Crippen molar-refractivity contribution in [2.24, 2.45) is 0 Å². The maximum atomic E-state index is 12.6. The topological polar surface area (TPSA) is 71.5 Å². The van der Waals surface area contributed by atoms with Gasteiger partial charge in [0, 0.05) is 0 Å². The summed E-state index contributed by atoms with van der Waals surface area (Å²) >= 11 is 0. The predicted molar refractivity (Wildman–Crippen MR) is 84.0 cm³/mol. The molecule has 0 bridgehead atoms. The summed E-state index contributed by atoms with van der Waals surface area (Å²) in [6, 6.07) is 16.8. The van der Waals surface area contributed by atoms with Crippen LogP contribution in [0.3, 0.4) is 0 Å². The van der Waals surface area contributed by atoms with Crippen LogP contribution in [-0.2, 0) is 26.0 Å². The third kappa shape index (κ3) is 2.90. The first-order chi connectivity index (χ1) is 11.0. The van der Waals surface area contributed by atoms with Crippen molar-refractivity contribution in [2.45, 2.75) is 23.1 Å². The zero-order chi connectivity index (χ0) is 16.4. The maximum Gasteiger partial charge on any atom is 0.248 e. The Balaban J connectivity index is 1.87. The highest BCUT2D eigenvalue weighted by atomic mass is 32.2. The number of carbonyl (C=O) groups excluding carboxylic acids is 2. The highest BCUT2D eigenvalue weighted by Gasteiger charge is 2.46. The SMILES string of the molecule is O=C1CC(S(=O)(=O)c2ccccc2)C(=O)N1Cc1ccccc1. The number of carbonyl (C=O) groups is 2. The van der Waals surface area contributed by atoms with Crippen molar-refractivity contribution in [2.75, 3.05) is 0 Å². The van der Waals surface area contributed by atoms with Gasteiger partial charge in [0.05, 0.1) is 17.9 Å². The summed E-state index contributed by atoms with van der Waals surface area (Å²) in [6.07, 6.45) is -0.303. The van der Waals surface area contributed by atoms with E-state index in [9.17, 15) is 18.0 Å². The van der Waals surface area contributed by atoms with Crippen LogP contribution < -0.4 is 0 Å². The second kappa shape index (κ2) is 5.96. The van der Waals surface area contributed by atoms with E-state index in [1.54, 1.807) is 42.5 Å². The van der Waals surface area contributed by atoms with E-state index < -0.39 is 26.9 Å².